The van der Waals surface area contributed by atoms with Crippen LogP contribution < -0.4 is 11.1 Å². The van der Waals surface area contributed by atoms with Gasteiger partial charge in [-0.3, -0.25) is 0 Å². The summed E-state index contributed by atoms with van der Waals surface area (Å²) in [5, 5.41) is 3.27. The SMILES string of the molecule is Cc1cccc(-c2cc(NCCc3ccc(S(C)(=O)=O)cc3)nc(N)n2)c1C. The maximum atomic E-state index is 11.5. The number of nitrogen functional groups attached to an aromatic ring is 1. The maximum Gasteiger partial charge on any atom is 0.222 e. The quantitative estimate of drug-likeness (QED) is 0.663. The predicted molar refractivity (Wildman–Crippen MR) is 113 cm³/mol. The average Bonchev–Trinajstić information content (AvgIpc) is 2.63. The van der Waals surface area contributed by atoms with Gasteiger partial charge in [0.25, 0.3) is 0 Å². The van der Waals surface area contributed by atoms with Gasteiger partial charge in [0.2, 0.25) is 5.95 Å². The molecule has 1 aromatic heterocycles. The lowest BCUT2D eigenvalue weighted by atomic mass is 10.0. The van der Waals surface area contributed by atoms with E-state index in [9.17, 15) is 8.42 Å². The molecule has 1 heterocycles. The third-order valence-electron chi connectivity index (χ3n) is 4.70. The van der Waals surface area contributed by atoms with Gasteiger partial charge < -0.3 is 11.1 Å². The highest BCUT2D eigenvalue weighted by Crippen LogP contribution is 2.26. The molecular weight excluding hydrogens is 372 g/mol. The van der Waals surface area contributed by atoms with Crippen LogP contribution in [0, 0.1) is 13.8 Å². The van der Waals surface area contributed by atoms with Crippen LogP contribution in [0.3, 0.4) is 0 Å². The largest absolute Gasteiger partial charge is 0.370 e. The fourth-order valence-electron chi connectivity index (χ4n) is 2.96. The Morgan fingerprint density at radius 3 is 2.43 bits per heavy atom. The molecule has 0 atom stereocenters. The summed E-state index contributed by atoms with van der Waals surface area (Å²) in [4.78, 5) is 8.96. The summed E-state index contributed by atoms with van der Waals surface area (Å²) in [5.41, 5.74) is 11.1. The molecule has 3 aromatic rings. The normalized spacial score (nSPS) is 11.4. The molecule has 0 bridgehead atoms. The van der Waals surface area contributed by atoms with E-state index in [-0.39, 0.29) is 5.95 Å². The molecule has 0 spiro atoms. The van der Waals surface area contributed by atoms with Crippen LogP contribution in [0.4, 0.5) is 11.8 Å². The van der Waals surface area contributed by atoms with Crippen LogP contribution in [0.25, 0.3) is 11.3 Å². The van der Waals surface area contributed by atoms with Crippen molar-refractivity contribution in [3.63, 3.8) is 0 Å². The number of aryl methyl sites for hydroxylation is 1. The third-order valence-corrected chi connectivity index (χ3v) is 5.82. The number of hydrogen-bond acceptors (Lipinski definition) is 6. The molecule has 0 radical (unpaired) electrons. The van der Waals surface area contributed by atoms with Gasteiger partial charge in [0.15, 0.2) is 9.84 Å². The maximum absolute atomic E-state index is 11.5. The average molecular weight is 397 g/mol. The van der Waals surface area contributed by atoms with Crippen molar-refractivity contribution in [1.29, 1.82) is 0 Å². The minimum absolute atomic E-state index is 0.221. The number of sulfone groups is 1. The van der Waals surface area contributed by atoms with Crippen LogP contribution in [-0.4, -0.2) is 31.2 Å². The predicted octanol–water partition coefficient (Wildman–Crippen LogP) is 3.40. The molecule has 0 aliphatic heterocycles. The molecule has 0 amide bonds. The van der Waals surface area contributed by atoms with E-state index in [1.807, 2.05) is 30.3 Å². The van der Waals surface area contributed by atoms with Crippen molar-refractivity contribution in [2.45, 2.75) is 25.2 Å². The van der Waals surface area contributed by atoms with E-state index in [1.165, 1.54) is 11.8 Å². The molecule has 3 rings (SSSR count). The van der Waals surface area contributed by atoms with Crippen LogP contribution >= 0.6 is 0 Å². The second-order valence-corrected chi connectivity index (χ2v) is 8.85. The van der Waals surface area contributed by atoms with Crippen molar-refractivity contribution in [3.8, 4) is 11.3 Å². The standard InChI is InChI=1S/C21H24N4O2S/c1-14-5-4-6-18(15(14)2)19-13-20(25-21(22)24-19)23-12-11-16-7-9-17(10-8-16)28(3,26)27/h4-10,13H,11-12H2,1-3H3,(H3,22,23,24,25). The highest BCUT2D eigenvalue weighted by Gasteiger charge is 2.09. The summed E-state index contributed by atoms with van der Waals surface area (Å²) >= 11 is 0. The van der Waals surface area contributed by atoms with Crippen molar-refractivity contribution in [3.05, 3.63) is 65.2 Å². The van der Waals surface area contributed by atoms with Gasteiger partial charge in [0.05, 0.1) is 10.6 Å². The van der Waals surface area contributed by atoms with Gasteiger partial charge in [0, 0.05) is 24.4 Å². The van der Waals surface area contributed by atoms with Crippen molar-refractivity contribution in [1.82, 2.24) is 9.97 Å². The van der Waals surface area contributed by atoms with Crippen LogP contribution in [0.5, 0.6) is 0 Å². The van der Waals surface area contributed by atoms with Crippen molar-refractivity contribution in [2.24, 2.45) is 0 Å². The highest BCUT2D eigenvalue weighted by atomic mass is 32.2. The zero-order valence-electron chi connectivity index (χ0n) is 16.2. The lowest BCUT2D eigenvalue weighted by Crippen LogP contribution is -2.09. The van der Waals surface area contributed by atoms with E-state index in [2.05, 4.69) is 35.2 Å². The monoisotopic (exact) mass is 396 g/mol. The number of hydrogen-bond donors (Lipinski definition) is 2. The van der Waals surface area contributed by atoms with Gasteiger partial charge >= 0.3 is 0 Å². The first-order chi connectivity index (χ1) is 13.2. The highest BCUT2D eigenvalue weighted by molar-refractivity contribution is 7.90. The van der Waals surface area contributed by atoms with Crippen LogP contribution in [0.2, 0.25) is 0 Å². The van der Waals surface area contributed by atoms with Crippen molar-refractivity contribution >= 4 is 21.6 Å². The Bertz CT molecular complexity index is 1090. The van der Waals surface area contributed by atoms with Crippen molar-refractivity contribution < 1.29 is 8.42 Å². The smallest absolute Gasteiger partial charge is 0.222 e. The second-order valence-electron chi connectivity index (χ2n) is 6.84. The molecule has 146 valence electrons. The summed E-state index contributed by atoms with van der Waals surface area (Å²) < 4.78 is 23.1. The summed E-state index contributed by atoms with van der Waals surface area (Å²) in [5.74, 6) is 0.884. The van der Waals surface area contributed by atoms with Crippen LogP contribution in [0.1, 0.15) is 16.7 Å². The molecule has 2 aromatic carbocycles. The Hall–Kier alpha value is -2.93. The van der Waals surface area contributed by atoms with Gasteiger partial charge in [0.1, 0.15) is 5.82 Å². The Kier molecular flexibility index (Phi) is 5.65. The number of nitrogens with zero attached hydrogens (tertiary/aromatic N) is 2. The molecule has 3 N–H and O–H groups in total. The Balaban J connectivity index is 1.71. The molecule has 6 nitrogen and oxygen atoms in total. The lowest BCUT2D eigenvalue weighted by molar-refractivity contribution is 0.602. The molecule has 0 unspecified atom stereocenters. The molecule has 0 saturated carbocycles. The molecule has 0 fully saturated rings. The minimum atomic E-state index is -3.17. The Morgan fingerprint density at radius 1 is 1.04 bits per heavy atom. The van der Waals surface area contributed by atoms with E-state index in [0.29, 0.717) is 17.3 Å². The molecule has 0 saturated heterocycles. The summed E-state index contributed by atoms with van der Waals surface area (Å²) in [6, 6.07) is 14.9. The number of anilines is 2. The zero-order valence-corrected chi connectivity index (χ0v) is 17.0. The molecular formula is C21H24N4O2S. The Labute approximate surface area is 165 Å². The fourth-order valence-corrected chi connectivity index (χ4v) is 3.59. The topological polar surface area (TPSA) is 98.0 Å². The van der Waals surface area contributed by atoms with Gasteiger partial charge in [-0.05, 0) is 49.1 Å². The summed E-state index contributed by atoms with van der Waals surface area (Å²) in [6.07, 6.45) is 1.93. The lowest BCUT2D eigenvalue weighted by Gasteiger charge is -2.11. The molecule has 28 heavy (non-hydrogen) atoms. The zero-order chi connectivity index (χ0) is 20.3. The van der Waals surface area contributed by atoms with Crippen molar-refractivity contribution in [2.75, 3.05) is 23.9 Å². The summed E-state index contributed by atoms with van der Waals surface area (Å²) in [6.45, 7) is 4.77. The van der Waals surface area contributed by atoms with E-state index in [1.54, 1.807) is 12.1 Å². The number of nitrogens with one attached hydrogen (secondary N) is 1. The molecule has 7 heteroatoms. The number of nitrogens with two attached hydrogens (primary N) is 1. The van der Waals surface area contributed by atoms with E-state index >= 15 is 0 Å². The third kappa shape index (κ3) is 4.67. The van der Waals surface area contributed by atoms with E-state index in [4.69, 9.17) is 5.73 Å². The first kappa shape index (κ1) is 19.8. The minimum Gasteiger partial charge on any atom is -0.370 e. The molecule has 0 aliphatic rings. The van der Waals surface area contributed by atoms with Gasteiger partial charge in [-0.15, -0.1) is 0 Å². The number of rotatable bonds is 6. The second kappa shape index (κ2) is 7.98. The first-order valence-electron chi connectivity index (χ1n) is 8.98. The summed E-state index contributed by atoms with van der Waals surface area (Å²) in [7, 11) is -3.17. The van der Waals surface area contributed by atoms with E-state index < -0.39 is 9.84 Å². The van der Waals surface area contributed by atoms with Crippen LogP contribution in [0.15, 0.2) is 53.4 Å². The number of benzene rings is 2. The van der Waals surface area contributed by atoms with Gasteiger partial charge in [-0.1, -0.05) is 30.3 Å². The number of aromatic nitrogens is 2. The first-order valence-corrected chi connectivity index (χ1v) is 10.9. The fraction of sp³-hybridized carbons (Fsp3) is 0.238. The van der Waals surface area contributed by atoms with Gasteiger partial charge in [-0.25, -0.2) is 13.4 Å². The van der Waals surface area contributed by atoms with Crippen LogP contribution in [-0.2, 0) is 16.3 Å². The molecule has 0 aliphatic carbocycles. The van der Waals surface area contributed by atoms with Gasteiger partial charge in [-0.2, -0.15) is 4.98 Å². The van der Waals surface area contributed by atoms with E-state index in [0.717, 1.165) is 28.8 Å². The Morgan fingerprint density at radius 2 is 1.75 bits per heavy atom.